The molecule has 9 heteroatoms. The van der Waals surface area contributed by atoms with E-state index in [0.717, 1.165) is 47.3 Å². The number of benzene rings is 2. The van der Waals surface area contributed by atoms with Crippen molar-refractivity contribution in [2.24, 2.45) is 0 Å². The number of aliphatic hydroxyl groups excluding tert-OH is 1. The molecule has 0 bridgehead atoms. The number of hydrogen-bond acceptors (Lipinski definition) is 7. The molecule has 0 aliphatic heterocycles. The average molecular weight is 494 g/mol. The standard InChI is InChI=1S/C24H20ClN5OS2/c25-18-10-4-3-9-16(18)22-28-29-24(30(22)15-7-1-2-8-15)32-14-20(31)17(13-26)23-27-19-11-5-6-12-21(19)33-23/h3-6,9-12,15,31H,1-2,7-8,14H2/b20-17-. The van der Waals surface area contributed by atoms with Gasteiger partial charge >= 0.3 is 0 Å². The molecular formula is C24H20ClN5OS2. The van der Waals surface area contributed by atoms with Crippen molar-refractivity contribution in [2.75, 3.05) is 5.75 Å². The number of nitrogens with zero attached hydrogens (tertiary/aromatic N) is 5. The van der Waals surface area contributed by atoms with E-state index in [1.807, 2.05) is 48.5 Å². The molecule has 4 aromatic rings. The lowest BCUT2D eigenvalue weighted by atomic mass is 10.2. The Kier molecular flexibility index (Phi) is 6.36. The summed E-state index contributed by atoms with van der Waals surface area (Å²) in [6, 6.07) is 17.7. The maximum Gasteiger partial charge on any atom is 0.192 e. The number of allylic oxidation sites excluding steroid dienone is 1. The molecule has 0 spiro atoms. The number of thiazole rings is 1. The molecule has 33 heavy (non-hydrogen) atoms. The van der Waals surface area contributed by atoms with E-state index in [-0.39, 0.29) is 17.1 Å². The highest BCUT2D eigenvalue weighted by Gasteiger charge is 2.26. The monoisotopic (exact) mass is 493 g/mol. The van der Waals surface area contributed by atoms with Crippen LogP contribution in [0.1, 0.15) is 36.7 Å². The Morgan fingerprint density at radius 2 is 1.91 bits per heavy atom. The van der Waals surface area contributed by atoms with Gasteiger partial charge in [0, 0.05) is 11.6 Å². The van der Waals surface area contributed by atoms with Gasteiger partial charge in [-0.2, -0.15) is 5.26 Å². The van der Waals surface area contributed by atoms with Gasteiger partial charge in [-0.05, 0) is 37.1 Å². The van der Waals surface area contributed by atoms with E-state index >= 15 is 0 Å². The Morgan fingerprint density at radius 3 is 2.67 bits per heavy atom. The van der Waals surface area contributed by atoms with Gasteiger partial charge in [-0.1, -0.05) is 60.5 Å². The normalized spacial score (nSPS) is 15.0. The molecule has 166 valence electrons. The molecule has 2 heterocycles. The Balaban J connectivity index is 1.46. The summed E-state index contributed by atoms with van der Waals surface area (Å²) in [5, 5.41) is 31.3. The van der Waals surface area contributed by atoms with Crippen molar-refractivity contribution < 1.29 is 5.11 Å². The minimum Gasteiger partial charge on any atom is -0.510 e. The van der Waals surface area contributed by atoms with E-state index in [9.17, 15) is 10.4 Å². The summed E-state index contributed by atoms with van der Waals surface area (Å²) in [5.74, 6) is 0.929. The first kappa shape index (κ1) is 22.0. The van der Waals surface area contributed by atoms with Gasteiger partial charge in [-0.15, -0.1) is 21.5 Å². The van der Waals surface area contributed by atoms with E-state index in [1.54, 1.807) is 0 Å². The maximum atomic E-state index is 10.8. The number of aromatic nitrogens is 4. The zero-order valence-electron chi connectivity index (χ0n) is 17.6. The van der Waals surface area contributed by atoms with Crippen molar-refractivity contribution >= 4 is 50.5 Å². The summed E-state index contributed by atoms with van der Waals surface area (Å²) in [6.45, 7) is 0. The number of fused-ring (bicyclic) bond motifs is 1. The molecular weight excluding hydrogens is 474 g/mol. The second-order valence-electron chi connectivity index (χ2n) is 7.80. The summed E-state index contributed by atoms with van der Waals surface area (Å²) >= 11 is 9.23. The zero-order chi connectivity index (χ0) is 22.8. The summed E-state index contributed by atoms with van der Waals surface area (Å²) in [7, 11) is 0. The van der Waals surface area contributed by atoms with Gasteiger partial charge in [0.05, 0.1) is 21.0 Å². The van der Waals surface area contributed by atoms with Gasteiger partial charge in [-0.3, -0.25) is 4.57 Å². The first-order valence-corrected chi connectivity index (χ1v) is 12.8. The number of halogens is 1. The quantitative estimate of drug-likeness (QED) is 0.178. The van der Waals surface area contributed by atoms with Crippen LogP contribution in [-0.4, -0.2) is 30.6 Å². The molecule has 0 atom stereocenters. The van der Waals surface area contributed by atoms with E-state index in [0.29, 0.717) is 21.2 Å². The van der Waals surface area contributed by atoms with Gasteiger partial charge in [0.15, 0.2) is 11.0 Å². The largest absolute Gasteiger partial charge is 0.510 e. The summed E-state index contributed by atoms with van der Waals surface area (Å²) in [5.41, 5.74) is 1.86. The number of para-hydroxylation sites is 1. The molecule has 6 nitrogen and oxygen atoms in total. The van der Waals surface area contributed by atoms with Crippen molar-refractivity contribution in [3.8, 4) is 17.5 Å². The van der Waals surface area contributed by atoms with Gasteiger partial charge in [0.1, 0.15) is 22.4 Å². The van der Waals surface area contributed by atoms with Crippen LogP contribution in [0.4, 0.5) is 0 Å². The number of aliphatic hydroxyl groups is 1. The van der Waals surface area contributed by atoms with Crippen LogP contribution in [0.3, 0.4) is 0 Å². The highest BCUT2D eigenvalue weighted by molar-refractivity contribution is 7.99. The SMILES string of the molecule is N#C/C(=C(/O)CSc1nnc(-c2ccccc2Cl)n1C1CCCC1)c1nc2ccccc2s1. The smallest absolute Gasteiger partial charge is 0.192 e. The Hall–Kier alpha value is -2.86. The van der Waals surface area contributed by atoms with E-state index in [4.69, 9.17) is 11.6 Å². The molecule has 1 aliphatic rings. The van der Waals surface area contributed by atoms with Crippen LogP contribution < -0.4 is 0 Å². The van der Waals surface area contributed by atoms with Gasteiger partial charge in [-0.25, -0.2) is 4.98 Å². The molecule has 0 amide bonds. The van der Waals surface area contributed by atoms with E-state index in [1.165, 1.54) is 23.1 Å². The van der Waals surface area contributed by atoms with Crippen LogP contribution >= 0.6 is 34.7 Å². The molecule has 2 aromatic heterocycles. The Labute approximate surface area is 204 Å². The molecule has 1 saturated carbocycles. The molecule has 1 aliphatic carbocycles. The Bertz CT molecular complexity index is 1350. The van der Waals surface area contributed by atoms with E-state index < -0.39 is 0 Å². The van der Waals surface area contributed by atoms with Crippen LogP contribution in [0.2, 0.25) is 5.02 Å². The minimum absolute atomic E-state index is 0.0122. The molecule has 1 N–H and O–H groups in total. The third-order valence-corrected chi connectivity index (χ3v) is 8.05. The second-order valence-corrected chi connectivity index (χ2v) is 10.2. The van der Waals surface area contributed by atoms with Crippen LogP contribution in [0.5, 0.6) is 0 Å². The van der Waals surface area contributed by atoms with Crippen molar-refractivity contribution in [1.82, 2.24) is 19.7 Å². The zero-order valence-corrected chi connectivity index (χ0v) is 20.0. The third-order valence-electron chi connectivity index (χ3n) is 5.72. The van der Waals surface area contributed by atoms with Crippen LogP contribution in [-0.2, 0) is 0 Å². The fourth-order valence-corrected chi connectivity index (χ4v) is 6.20. The molecule has 0 unspecified atom stereocenters. The van der Waals surface area contributed by atoms with Crippen molar-refractivity contribution in [3.63, 3.8) is 0 Å². The van der Waals surface area contributed by atoms with Crippen LogP contribution in [0.15, 0.2) is 59.4 Å². The lowest BCUT2D eigenvalue weighted by Gasteiger charge is -2.17. The number of nitriles is 1. The average Bonchev–Trinajstić information content (AvgIpc) is 3.57. The van der Waals surface area contributed by atoms with Gasteiger partial charge in [0.25, 0.3) is 0 Å². The molecule has 5 rings (SSSR count). The van der Waals surface area contributed by atoms with E-state index in [2.05, 4.69) is 25.8 Å². The molecule has 2 aromatic carbocycles. The highest BCUT2D eigenvalue weighted by atomic mass is 35.5. The third kappa shape index (κ3) is 4.36. The molecule has 0 saturated heterocycles. The Morgan fingerprint density at radius 1 is 1.15 bits per heavy atom. The first-order chi connectivity index (χ1) is 16.2. The fourth-order valence-electron chi connectivity index (χ4n) is 4.11. The number of rotatable bonds is 6. The predicted molar refractivity (Wildman–Crippen MR) is 133 cm³/mol. The van der Waals surface area contributed by atoms with Crippen molar-refractivity contribution in [1.29, 1.82) is 5.26 Å². The van der Waals surface area contributed by atoms with Crippen LogP contribution in [0, 0.1) is 11.3 Å². The summed E-state index contributed by atoms with van der Waals surface area (Å²) in [4.78, 5) is 4.52. The van der Waals surface area contributed by atoms with Crippen molar-refractivity contribution in [3.05, 3.63) is 64.3 Å². The maximum absolute atomic E-state index is 10.8. The summed E-state index contributed by atoms with van der Waals surface area (Å²) in [6.07, 6.45) is 4.44. The second kappa shape index (κ2) is 9.56. The molecule has 1 fully saturated rings. The predicted octanol–water partition coefficient (Wildman–Crippen LogP) is 6.91. The first-order valence-electron chi connectivity index (χ1n) is 10.7. The van der Waals surface area contributed by atoms with Crippen LogP contribution in [0.25, 0.3) is 27.2 Å². The number of hydrogen-bond donors (Lipinski definition) is 1. The fraction of sp³-hybridized carbons (Fsp3) is 0.250. The lowest BCUT2D eigenvalue weighted by molar-refractivity contribution is 0.420. The number of thioether (sulfide) groups is 1. The topological polar surface area (TPSA) is 87.6 Å². The van der Waals surface area contributed by atoms with Gasteiger partial charge < -0.3 is 5.11 Å². The van der Waals surface area contributed by atoms with Crippen molar-refractivity contribution in [2.45, 2.75) is 36.9 Å². The van der Waals surface area contributed by atoms with Gasteiger partial charge in [0.2, 0.25) is 0 Å². The minimum atomic E-state index is -0.0122. The lowest BCUT2D eigenvalue weighted by Crippen LogP contribution is -2.09. The summed E-state index contributed by atoms with van der Waals surface area (Å²) < 4.78 is 3.13. The highest BCUT2D eigenvalue weighted by Crippen LogP contribution is 2.39. The molecule has 0 radical (unpaired) electrons.